The van der Waals surface area contributed by atoms with E-state index in [-0.39, 0.29) is 0 Å². The fourth-order valence-corrected chi connectivity index (χ4v) is 1.56. The maximum atomic E-state index is 3.73. The van der Waals surface area contributed by atoms with Gasteiger partial charge in [0.25, 0.3) is 0 Å². The Labute approximate surface area is 102 Å². The lowest BCUT2D eigenvalue weighted by Gasteiger charge is -1.94. The molecule has 0 aliphatic heterocycles. The Balaban J connectivity index is 3.15. The van der Waals surface area contributed by atoms with Gasteiger partial charge in [0.2, 0.25) is 0 Å². The van der Waals surface area contributed by atoms with Crippen LogP contribution in [0.4, 0.5) is 0 Å². The second-order valence-corrected chi connectivity index (χ2v) is 4.25. The zero-order valence-corrected chi connectivity index (χ0v) is 11.0. The summed E-state index contributed by atoms with van der Waals surface area (Å²) in [6, 6.07) is 0. The van der Waals surface area contributed by atoms with Gasteiger partial charge >= 0.3 is 0 Å². The third-order valence-electron chi connectivity index (χ3n) is 2.61. The van der Waals surface area contributed by atoms with E-state index in [9.17, 15) is 0 Å². The molecule has 0 radical (unpaired) electrons. The topological polar surface area (TPSA) is 0 Å². The van der Waals surface area contributed by atoms with Crippen LogP contribution < -0.4 is 0 Å². The third kappa shape index (κ3) is 13.2. The minimum Gasteiger partial charge on any atom is -0.103 e. The van der Waals surface area contributed by atoms with Gasteiger partial charge in [-0.3, -0.25) is 0 Å². The van der Waals surface area contributed by atoms with E-state index >= 15 is 0 Å². The highest BCUT2D eigenvalue weighted by molar-refractivity contribution is 4.92. The molecular formula is C16H28. The molecule has 0 aromatic rings. The van der Waals surface area contributed by atoms with Crippen molar-refractivity contribution in [3.05, 3.63) is 37.0 Å². The minimum atomic E-state index is 1.11. The molecule has 0 saturated heterocycles. The van der Waals surface area contributed by atoms with Gasteiger partial charge in [-0.2, -0.15) is 0 Å². The van der Waals surface area contributed by atoms with Crippen molar-refractivity contribution in [2.45, 2.75) is 64.7 Å². The number of allylic oxidation sites excluding steroid dienone is 5. The summed E-state index contributed by atoms with van der Waals surface area (Å²) in [4.78, 5) is 0. The molecule has 0 amide bonds. The first-order chi connectivity index (χ1) is 7.91. The lowest BCUT2D eigenvalue weighted by atomic mass is 10.1. The number of rotatable bonds is 11. The molecule has 0 rings (SSSR count). The maximum absolute atomic E-state index is 3.73. The Morgan fingerprint density at radius 2 is 1.38 bits per heavy atom. The highest BCUT2D eigenvalue weighted by atomic mass is 13.9. The fraction of sp³-hybridized carbons (Fsp3) is 0.625. The summed E-state index contributed by atoms with van der Waals surface area (Å²) in [7, 11) is 0. The van der Waals surface area contributed by atoms with E-state index in [2.05, 4.69) is 37.8 Å². The van der Waals surface area contributed by atoms with Crippen molar-refractivity contribution < 1.29 is 0 Å². The van der Waals surface area contributed by atoms with Crippen LogP contribution in [0.25, 0.3) is 0 Å². The van der Waals surface area contributed by atoms with Crippen LogP contribution in [0.2, 0.25) is 0 Å². The molecule has 0 aliphatic carbocycles. The molecular weight excluding hydrogens is 192 g/mol. The Bertz CT molecular complexity index is 186. The Morgan fingerprint density at radius 3 is 2.00 bits per heavy atom. The highest BCUT2D eigenvalue weighted by Gasteiger charge is 1.84. The van der Waals surface area contributed by atoms with Gasteiger partial charge in [-0.1, -0.05) is 56.6 Å². The third-order valence-corrected chi connectivity index (χ3v) is 2.61. The second-order valence-electron chi connectivity index (χ2n) is 4.25. The summed E-state index contributed by atoms with van der Waals surface area (Å²) in [5.41, 5.74) is 0. The summed E-state index contributed by atoms with van der Waals surface area (Å²) in [5, 5.41) is 0. The van der Waals surface area contributed by atoms with Crippen LogP contribution in [0.5, 0.6) is 0 Å². The van der Waals surface area contributed by atoms with Gasteiger partial charge in [0, 0.05) is 0 Å². The van der Waals surface area contributed by atoms with Crippen LogP contribution in [0.3, 0.4) is 0 Å². The van der Waals surface area contributed by atoms with Crippen LogP contribution in [0, 0.1) is 0 Å². The predicted octanol–water partition coefficient (Wildman–Crippen LogP) is 5.82. The SMILES string of the molecule is C=CCCCCCC=CCC=CCCCC. The molecule has 0 N–H and O–H groups in total. The van der Waals surface area contributed by atoms with Crippen LogP contribution in [-0.2, 0) is 0 Å². The van der Waals surface area contributed by atoms with Gasteiger partial charge < -0.3 is 0 Å². The zero-order chi connectivity index (χ0) is 11.9. The van der Waals surface area contributed by atoms with Gasteiger partial charge in [-0.15, -0.1) is 6.58 Å². The molecule has 16 heavy (non-hydrogen) atoms. The molecule has 0 saturated carbocycles. The molecule has 0 nitrogen and oxygen atoms in total. The van der Waals surface area contributed by atoms with E-state index in [1.165, 1.54) is 51.4 Å². The molecule has 0 aromatic carbocycles. The molecule has 92 valence electrons. The Morgan fingerprint density at radius 1 is 0.750 bits per heavy atom. The van der Waals surface area contributed by atoms with Gasteiger partial charge in [-0.25, -0.2) is 0 Å². The molecule has 0 unspecified atom stereocenters. The molecule has 0 heteroatoms. The van der Waals surface area contributed by atoms with Crippen LogP contribution in [0.15, 0.2) is 37.0 Å². The number of hydrogen-bond acceptors (Lipinski definition) is 0. The Hall–Kier alpha value is -0.780. The standard InChI is InChI=1S/C16H28/c1-3-5-7-9-11-13-15-16-14-12-10-8-6-4-2/h3,10,12,15-16H,1,4-9,11,13-14H2,2H3. The van der Waals surface area contributed by atoms with Crippen LogP contribution in [0.1, 0.15) is 64.7 Å². The largest absolute Gasteiger partial charge is 0.103 e. The summed E-state index contributed by atoms with van der Waals surface area (Å²) in [6.45, 7) is 5.96. The average Bonchev–Trinajstić information content (AvgIpc) is 2.31. The fourth-order valence-electron chi connectivity index (χ4n) is 1.56. The lowest BCUT2D eigenvalue weighted by Crippen LogP contribution is -1.74. The predicted molar refractivity (Wildman–Crippen MR) is 75.7 cm³/mol. The Kier molecular flexibility index (Phi) is 13.5. The van der Waals surface area contributed by atoms with Crippen molar-refractivity contribution >= 4 is 0 Å². The smallest absolute Gasteiger partial charge is 0.0169 e. The number of unbranched alkanes of at least 4 members (excludes halogenated alkanes) is 6. The lowest BCUT2D eigenvalue weighted by molar-refractivity contribution is 0.696. The first kappa shape index (κ1) is 15.2. The number of hydrogen-bond donors (Lipinski definition) is 0. The molecule has 0 aliphatic rings. The summed E-state index contributed by atoms with van der Waals surface area (Å²) < 4.78 is 0. The zero-order valence-electron chi connectivity index (χ0n) is 11.0. The summed E-state index contributed by atoms with van der Waals surface area (Å²) in [6.07, 6.45) is 22.5. The van der Waals surface area contributed by atoms with Gasteiger partial charge in [-0.05, 0) is 38.5 Å². The first-order valence-corrected chi connectivity index (χ1v) is 6.82. The van der Waals surface area contributed by atoms with E-state index in [1.54, 1.807) is 0 Å². The monoisotopic (exact) mass is 220 g/mol. The van der Waals surface area contributed by atoms with Crippen molar-refractivity contribution in [3.63, 3.8) is 0 Å². The highest BCUT2D eigenvalue weighted by Crippen LogP contribution is 2.04. The van der Waals surface area contributed by atoms with Gasteiger partial charge in [0.1, 0.15) is 0 Å². The van der Waals surface area contributed by atoms with E-state index in [4.69, 9.17) is 0 Å². The summed E-state index contributed by atoms with van der Waals surface area (Å²) in [5.74, 6) is 0. The van der Waals surface area contributed by atoms with Crippen molar-refractivity contribution in [2.75, 3.05) is 0 Å². The van der Waals surface area contributed by atoms with Gasteiger partial charge in [0.15, 0.2) is 0 Å². The van der Waals surface area contributed by atoms with Crippen molar-refractivity contribution in [2.24, 2.45) is 0 Å². The van der Waals surface area contributed by atoms with Crippen molar-refractivity contribution in [1.82, 2.24) is 0 Å². The quantitative estimate of drug-likeness (QED) is 0.304. The maximum Gasteiger partial charge on any atom is -0.0169 e. The van der Waals surface area contributed by atoms with Crippen molar-refractivity contribution in [3.8, 4) is 0 Å². The summed E-state index contributed by atoms with van der Waals surface area (Å²) >= 11 is 0. The minimum absolute atomic E-state index is 1.11. The molecule has 0 atom stereocenters. The normalized spacial score (nSPS) is 11.6. The van der Waals surface area contributed by atoms with E-state index in [0.717, 1.165) is 6.42 Å². The van der Waals surface area contributed by atoms with E-state index in [0.29, 0.717) is 0 Å². The van der Waals surface area contributed by atoms with E-state index in [1.807, 2.05) is 6.08 Å². The van der Waals surface area contributed by atoms with Crippen molar-refractivity contribution in [1.29, 1.82) is 0 Å². The first-order valence-electron chi connectivity index (χ1n) is 6.82. The average molecular weight is 220 g/mol. The molecule has 0 aromatic heterocycles. The van der Waals surface area contributed by atoms with Crippen LogP contribution in [-0.4, -0.2) is 0 Å². The molecule has 0 bridgehead atoms. The van der Waals surface area contributed by atoms with Gasteiger partial charge in [0.05, 0.1) is 0 Å². The molecule has 0 spiro atoms. The van der Waals surface area contributed by atoms with Crippen LogP contribution >= 0.6 is 0 Å². The van der Waals surface area contributed by atoms with E-state index < -0.39 is 0 Å². The molecule has 0 fully saturated rings. The molecule has 0 heterocycles. The second kappa shape index (κ2) is 14.2.